The number of carbonyl (C=O) groups excluding carboxylic acids is 2. The Morgan fingerprint density at radius 1 is 1.09 bits per heavy atom. The predicted molar refractivity (Wildman–Crippen MR) is 113 cm³/mol. The van der Waals surface area contributed by atoms with Crippen LogP contribution in [-0.4, -0.2) is 23.5 Å². The van der Waals surface area contributed by atoms with E-state index < -0.39 is 58.6 Å². The molecule has 0 bridgehead atoms. The van der Waals surface area contributed by atoms with Gasteiger partial charge in [-0.3, -0.25) is 4.79 Å². The van der Waals surface area contributed by atoms with Gasteiger partial charge in [-0.25, -0.2) is 18.6 Å². The molecule has 3 rings (SSSR count). The Bertz CT molecular complexity index is 1180. The van der Waals surface area contributed by atoms with Gasteiger partial charge in [0.25, 0.3) is 12.0 Å². The molecular weight excluding hydrogens is 479 g/mol. The van der Waals surface area contributed by atoms with E-state index in [2.05, 4.69) is 4.98 Å². The van der Waals surface area contributed by atoms with E-state index in [4.69, 9.17) is 19.6 Å². The summed E-state index contributed by atoms with van der Waals surface area (Å²) in [5.41, 5.74) is 3.30. The zero-order valence-corrected chi connectivity index (χ0v) is 18.8. The van der Waals surface area contributed by atoms with Gasteiger partial charge < -0.3 is 19.6 Å². The third-order valence-corrected chi connectivity index (χ3v) is 4.30. The topological polar surface area (TPSA) is 105 Å². The quantitative estimate of drug-likeness (QED) is 0.342. The van der Waals surface area contributed by atoms with E-state index in [0.29, 0.717) is 6.07 Å². The summed E-state index contributed by atoms with van der Waals surface area (Å²) in [6.45, 7) is 5.39. The summed E-state index contributed by atoms with van der Waals surface area (Å²) >= 11 is 0. The predicted octanol–water partition coefficient (Wildman–Crippen LogP) is 5.45. The summed E-state index contributed by atoms with van der Waals surface area (Å²) in [4.78, 5) is 27.7. The van der Waals surface area contributed by atoms with Crippen LogP contribution in [0.3, 0.4) is 0 Å². The molecule has 2 N–H and O–H groups in total. The Labute approximate surface area is 196 Å². The molecule has 12 heteroatoms. The summed E-state index contributed by atoms with van der Waals surface area (Å²) in [6, 6.07) is 5.49. The van der Waals surface area contributed by atoms with Crippen LogP contribution in [0, 0.1) is 11.6 Å². The molecule has 0 saturated carbocycles. The summed E-state index contributed by atoms with van der Waals surface area (Å²) in [7, 11) is 0. The fourth-order valence-electron chi connectivity index (χ4n) is 2.77. The smallest absolute Gasteiger partial charge is 0.416 e. The van der Waals surface area contributed by atoms with Crippen molar-refractivity contribution in [1.29, 1.82) is 0 Å². The fourth-order valence-corrected chi connectivity index (χ4v) is 2.77. The molecule has 0 aliphatic carbocycles. The van der Waals surface area contributed by atoms with Crippen LogP contribution >= 0.6 is 0 Å². The Hall–Kier alpha value is -3.96. The van der Waals surface area contributed by atoms with Crippen molar-refractivity contribution in [2.24, 2.45) is 5.73 Å². The number of hydrogen-bond acceptors (Lipinski definition) is 6. The van der Waals surface area contributed by atoms with E-state index in [1.54, 1.807) is 0 Å². The molecule has 1 amide bonds. The minimum absolute atomic E-state index is 0.0500. The molecule has 0 spiro atoms. The first-order valence-electron chi connectivity index (χ1n) is 10.3. The number of halogens is 5. The highest BCUT2D eigenvalue weighted by Gasteiger charge is 2.33. The van der Waals surface area contributed by atoms with Gasteiger partial charge in [-0.2, -0.15) is 13.2 Å². The standard InChI is InChI=1S/C21H15F5N2O5.C2H6/c1-2-31-20(30)17(33-14-8-7-12(22)15(16(14)23)18(27)29)19-28-13(9-32-19)10-3-5-11(6-4-10)21(24,25)26;1-2/h3-9,17H,2H2,1H3,(H2,27,29);1-2H3. The molecule has 3 aromatic rings. The molecule has 1 heterocycles. The largest absolute Gasteiger partial charge is 0.466 e. The van der Waals surface area contributed by atoms with Crippen molar-refractivity contribution >= 4 is 11.9 Å². The Morgan fingerprint density at radius 3 is 2.26 bits per heavy atom. The van der Waals surface area contributed by atoms with E-state index in [1.165, 1.54) is 6.92 Å². The van der Waals surface area contributed by atoms with E-state index in [-0.39, 0.29) is 17.9 Å². The van der Waals surface area contributed by atoms with E-state index in [9.17, 15) is 31.5 Å². The number of aromatic nitrogens is 1. The summed E-state index contributed by atoms with van der Waals surface area (Å²) in [5.74, 6) is -6.27. The number of ether oxygens (including phenoxy) is 2. The lowest BCUT2D eigenvalue weighted by atomic mass is 10.1. The molecule has 1 unspecified atom stereocenters. The first-order chi connectivity index (χ1) is 16.5. The number of carbonyl (C=O) groups is 2. The second-order valence-electron chi connectivity index (χ2n) is 6.49. The minimum atomic E-state index is -4.53. The zero-order chi connectivity index (χ0) is 26.3. The molecule has 0 saturated heterocycles. The maximum absolute atomic E-state index is 14.6. The van der Waals surface area contributed by atoms with Gasteiger partial charge in [0, 0.05) is 5.56 Å². The molecule has 1 aromatic heterocycles. The summed E-state index contributed by atoms with van der Waals surface area (Å²) in [6.07, 6.45) is -5.27. The number of esters is 1. The lowest BCUT2D eigenvalue weighted by molar-refractivity contribution is -0.153. The molecule has 1 atom stereocenters. The van der Waals surface area contributed by atoms with Crippen LogP contribution in [0.5, 0.6) is 5.75 Å². The maximum Gasteiger partial charge on any atom is 0.416 e. The monoisotopic (exact) mass is 500 g/mol. The van der Waals surface area contributed by atoms with Crippen molar-refractivity contribution in [3.8, 4) is 17.0 Å². The van der Waals surface area contributed by atoms with Gasteiger partial charge in [-0.05, 0) is 31.2 Å². The molecule has 0 radical (unpaired) electrons. The molecule has 188 valence electrons. The minimum Gasteiger partial charge on any atom is -0.466 e. The third kappa shape index (κ3) is 6.34. The molecule has 0 aliphatic heterocycles. The third-order valence-electron chi connectivity index (χ3n) is 4.30. The molecule has 0 aliphatic rings. The maximum atomic E-state index is 14.6. The summed E-state index contributed by atoms with van der Waals surface area (Å²) < 4.78 is 81.9. The zero-order valence-electron chi connectivity index (χ0n) is 18.8. The lowest BCUT2D eigenvalue weighted by Crippen LogP contribution is -2.23. The van der Waals surface area contributed by atoms with Crippen molar-refractivity contribution in [1.82, 2.24) is 4.98 Å². The highest BCUT2D eigenvalue weighted by atomic mass is 19.4. The van der Waals surface area contributed by atoms with Crippen LogP contribution in [0.1, 0.15) is 48.7 Å². The number of benzene rings is 2. The van der Waals surface area contributed by atoms with Gasteiger partial charge in [0.1, 0.15) is 23.3 Å². The van der Waals surface area contributed by atoms with E-state index >= 15 is 0 Å². The van der Waals surface area contributed by atoms with Crippen LogP contribution in [0.4, 0.5) is 22.0 Å². The Morgan fingerprint density at radius 2 is 1.71 bits per heavy atom. The second kappa shape index (κ2) is 11.4. The van der Waals surface area contributed by atoms with Crippen LogP contribution in [0.25, 0.3) is 11.3 Å². The second-order valence-corrected chi connectivity index (χ2v) is 6.49. The molecule has 35 heavy (non-hydrogen) atoms. The number of primary amides is 1. The summed E-state index contributed by atoms with van der Waals surface area (Å²) in [5, 5.41) is 0. The highest BCUT2D eigenvalue weighted by Crippen LogP contribution is 2.32. The van der Waals surface area contributed by atoms with Gasteiger partial charge in [0.15, 0.2) is 11.6 Å². The Kier molecular flexibility index (Phi) is 8.93. The fraction of sp³-hybridized carbons (Fsp3) is 0.261. The van der Waals surface area contributed by atoms with Gasteiger partial charge in [-0.1, -0.05) is 26.0 Å². The number of nitrogens with two attached hydrogens (primary N) is 1. The van der Waals surface area contributed by atoms with E-state index in [0.717, 1.165) is 36.6 Å². The van der Waals surface area contributed by atoms with Crippen LogP contribution in [0.2, 0.25) is 0 Å². The van der Waals surface area contributed by atoms with Crippen LogP contribution in [0.15, 0.2) is 47.1 Å². The number of hydrogen-bond donors (Lipinski definition) is 1. The number of oxazole rings is 1. The van der Waals surface area contributed by atoms with Gasteiger partial charge in [-0.15, -0.1) is 0 Å². The van der Waals surface area contributed by atoms with Crippen molar-refractivity contribution in [2.45, 2.75) is 33.1 Å². The van der Waals surface area contributed by atoms with Crippen molar-refractivity contribution < 1.29 is 45.4 Å². The molecular formula is C23H21F5N2O5. The molecule has 2 aromatic carbocycles. The van der Waals surface area contributed by atoms with Crippen LogP contribution in [-0.2, 0) is 15.7 Å². The first kappa shape index (κ1) is 27.3. The SMILES string of the molecule is CC.CCOC(=O)C(Oc1ccc(F)c(C(N)=O)c1F)c1nc(-c2ccc(C(F)(F)F)cc2)co1. The van der Waals surface area contributed by atoms with Gasteiger partial charge in [0.2, 0.25) is 5.89 Å². The van der Waals surface area contributed by atoms with Crippen molar-refractivity contribution in [3.05, 3.63) is 71.3 Å². The first-order valence-corrected chi connectivity index (χ1v) is 10.3. The number of nitrogens with zero attached hydrogens (tertiary/aromatic N) is 1. The number of amides is 1. The highest BCUT2D eigenvalue weighted by molar-refractivity contribution is 5.93. The van der Waals surface area contributed by atoms with E-state index in [1.807, 2.05) is 13.8 Å². The average Bonchev–Trinajstić information content (AvgIpc) is 3.29. The lowest BCUT2D eigenvalue weighted by Gasteiger charge is -2.16. The molecule has 0 fully saturated rings. The van der Waals surface area contributed by atoms with Crippen LogP contribution < -0.4 is 10.5 Å². The Balaban J connectivity index is 0.00000210. The van der Waals surface area contributed by atoms with Gasteiger partial charge in [0.05, 0.1) is 12.2 Å². The number of rotatable bonds is 7. The molecule has 7 nitrogen and oxygen atoms in total. The van der Waals surface area contributed by atoms with Crippen molar-refractivity contribution in [3.63, 3.8) is 0 Å². The van der Waals surface area contributed by atoms with Crippen molar-refractivity contribution in [2.75, 3.05) is 6.61 Å². The normalized spacial score (nSPS) is 11.8. The average molecular weight is 500 g/mol. The number of alkyl halides is 3. The van der Waals surface area contributed by atoms with Gasteiger partial charge >= 0.3 is 12.1 Å².